The molecule has 0 amide bonds. The van der Waals surface area contributed by atoms with E-state index in [1.54, 1.807) is 6.07 Å². The van der Waals surface area contributed by atoms with Gasteiger partial charge in [0.2, 0.25) is 0 Å². The number of phenolic OH excluding ortho intramolecular Hbond substituents is 1. The largest absolute Gasteiger partial charge is 0.506 e. The van der Waals surface area contributed by atoms with Crippen molar-refractivity contribution in [2.24, 2.45) is 5.18 Å². The second-order valence-corrected chi connectivity index (χ2v) is 5.31. The van der Waals surface area contributed by atoms with Crippen molar-refractivity contribution in [2.75, 3.05) is 7.11 Å². The van der Waals surface area contributed by atoms with Gasteiger partial charge in [0.1, 0.15) is 17.2 Å². The minimum Gasteiger partial charge on any atom is -0.506 e. The average Bonchev–Trinajstić information content (AvgIpc) is 2.46. The van der Waals surface area contributed by atoms with Gasteiger partial charge in [-0.25, -0.2) is 0 Å². The van der Waals surface area contributed by atoms with E-state index >= 15 is 0 Å². The molecule has 5 heteroatoms. The predicted molar refractivity (Wildman–Crippen MR) is 79.6 cm³/mol. The summed E-state index contributed by atoms with van der Waals surface area (Å²) in [5, 5.41) is 14.4. The van der Waals surface area contributed by atoms with Gasteiger partial charge in [-0.1, -0.05) is 0 Å². The molecule has 1 aliphatic rings. The highest BCUT2D eigenvalue weighted by atomic mass is 16.5. The standard InChI is InChI=1S/C16H15NO4/c1-8-6-10-13(11(7-8)17-20)15(19)14-9(16(10)21-2)4-3-5-12(14)18/h6-7,19H,3-5H2,1-2H3. The summed E-state index contributed by atoms with van der Waals surface area (Å²) in [6.07, 6.45) is 1.80. The number of aromatic hydroxyl groups is 1. The number of carbonyl (C=O) groups is 1. The molecular weight excluding hydrogens is 270 g/mol. The number of Topliss-reactive ketones (excluding diaryl/α,β-unsaturated/α-hetero) is 1. The predicted octanol–water partition coefficient (Wildman–Crippen LogP) is 3.78. The number of methoxy groups -OCH3 is 1. The van der Waals surface area contributed by atoms with Gasteiger partial charge in [0.05, 0.1) is 18.1 Å². The fourth-order valence-electron chi connectivity index (χ4n) is 3.13. The van der Waals surface area contributed by atoms with E-state index in [4.69, 9.17) is 4.74 Å². The Morgan fingerprint density at radius 1 is 1.29 bits per heavy atom. The van der Waals surface area contributed by atoms with Crippen molar-refractivity contribution in [3.05, 3.63) is 33.7 Å². The van der Waals surface area contributed by atoms with Gasteiger partial charge >= 0.3 is 0 Å². The van der Waals surface area contributed by atoms with Crippen molar-refractivity contribution in [3.63, 3.8) is 0 Å². The Hall–Kier alpha value is -2.43. The molecule has 0 unspecified atom stereocenters. The number of hydrogen-bond acceptors (Lipinski definition) is 5. The Kier molecular flexibility index (Phi) is 3.12. The van der Waals surface area contributed by atoms with E-state index in [1.807, 2.05) is 13.0 Å². The molecule has 2 aromatic rings. The third kappa shape index (κ3) is 1.88. The molecule has 0 radical (unpaired) electrons. The van der Waals surface area contributed by atoms with E-state index in [2.05, 4.69) is 5.18 Å². The number of phenols is 1. The van der Waals surface area contributed by atoms with E-state index in [-0.39, 0.29) is 22.8 Å². The number of nitroso groups, excluding NO2 is 1. The molecule has 1 aliphatic carbocycles. The Morgan fingerprint density at radius 3 is 2.71 bits per heavy atom. The molecule has 0 bridgehead atoms. The number of benzene rings is 2. The molecule has 0 aliphatic heterocycles. The van der Waals surface area contributed by atoms with Gasteiger partial charge < -0.3 is 9.84 Å². The summed E-state index contributed by atoms with van der Waals surface area (Å²) in [4.78, 5) is 23.2. The van der Waals surface area contributed by atoms with Crippen LogP contribution in [0.25, 0.3) is 10.8 Å². The van der Waals surface area contributed by atoms with Gasteiger partial charge in [-0.15, -0.1) is 4.91 Å². The molecule has 0 heterocycles. The van der Waals surface area contributed by atoms with Gasteiger partial charge in [-0.3, -0.25) is 4.79 Å². The average molecular weight is 285 g/mol. The monoisotopic (exact) mass is 285 g/mol. The number of fused-ring (bicyclic) bond motifs is 2. The minimum absolute atomic E-state index is 0.119. The molecule has 0 aromatic heterocycles. The number of carbonyl (C=O) groups excluding carboxylic acids is 1. The smallest absolute Gasteiger partial charge is 0.167 e. The summed E-state index contributed by atoms with van der Waals surface area (Å²) in [6, 6.07) is 3.43. The fourth-order valence-corrected chi connectivity index (χ4v) is 3.13. The third-order valence-corrected chi connectivity index (χ3v) is 3.97. The summed E-state index contributed by atoms with van der Waals surface area (Å²) >= 11 is 0. The van der Waals surface area contributed by atoms with E-state index in [0.717, 1.165) is 17.5 Å². The SMILES string of the molecule is COc1c2c(c(O)c3c(N=O)cc(C)cc13)C(=O)CCC2. The Balaban J connectivity index is 2.55. The minimum atomic E-state index is -0.153. The summed E-state index contributed by atoms with van der Waals surface area (Å²) in [7, 11) is 1.53. The first kappa shape index (κ1) is 13.5. The van der Waals surface area contributed by atoms with Crippen LogP contribution in [-0.4, -0.2) is 18.0 Å². The zero-order chi connectivity index (χ0) is 15.1. The van der Waals surface area contributed by atoms with E-state index < -0.39 is 0 Å². The van der Waals surface area contributed by atoms with Crippen LogP contribution in [0.4, 0.5) is 5.69 Å². The lowest BCUT2D eigenvalue weighted by Gasteiger charge is -2.22. The van der Waals surface area contributed by atoms with E-state index in [0.29, 0.717) is 29.4 Å². The van der Waals surface area contributed by atoms with E-state index in [9.17, 15) is 14.8 Å². The van der Waals surface area contributed by atoms with Crippen LogP contribution in [0.2, 0.25) is 0 Å². The van der Waals surface area contributed by atoms with Crippen molar-refractivity contribution in [2.45, 2.75) is 26.2 Å². The molecule has 0 atom stereocenters. The summed E-state index contributed by atoms with van der Waals surface area (Å²) in [5.41, 5.74) is 1.97. The first-order chi connectivity index (χ1) is 10.1. The highest BCUT2D eigenvalue weighted by Crippen LogP contribution is 2.47. The quantitative estimate of drug-likeness (QED) is 0.852. The second-order valence-electron chi connectivity index (χ2n) is 5.31. The van der Waals surface area contributed by atoms with Gasteiger partial charge in [-0.05, 0) is 42.6 Å². The first-order valence-corrected chi connectivity index (χ1v) is 6.81. The van der Waals surface area contributed by atoms with Crippen LogP contribution in [0.5, 0.6) is 11.5 Å². The fraction of sp³-hybridized carbons (Fsp3) is 0.312. The Bertz CT molecular complexity index is 780. The maximum absolute atomic E-state index is 12.2. The molecule has 1 N–H and O–H groups in total. The third-order valence-electron chi connectivity index (χ3n) is 3.97. The summed E-state index contributed by atoms with van der Waals surface area (Å²) in [5.74, 6) is 0.283. The highest BCUT2D eigenvalue weighted by Gasteiger charge is 2.28. The van der Waals surface area contributed by atoms with Crippen LogP contribution in [0.3, 0.4) is 0 Å². The number of ketones is 1. The van der Waals surface area contributed by atoms with Gasteiger partial charge in [0.15, 0.2) is 5.78 Å². The van der Waals surface area contributed by atoms with Crippen molar-refractivity contribution in [3.8, 4) is 11.5 Å². The van der Waals surface area contributed by atoms with Crippen molar-refractivity contribution in [1.82, 2.24) is 0 Å². The molecule has 0 fully saturated rings. The zero-order valence-electron chi connectivity index (χ0n) is 11.9. The first-order valence-electron chi connectivity index (χ1n) is 6.81. The summed E-state index contributed by atoms with van der Waals surface area (Å²) < 4.78 is 5.48. The number of hydrogen-bond donors (Lipinski definition) is 1. The molecule has 3 rings (SSSR count). The van der Waals surface area contributed by atoms with Crippen molar-refractivity contribution < 1.29 is 14.6 Å². The van der Waals surface area contributed by atoms with Gasteiger partial charge in [0.25, 0.3) is 0 Å². The second kappa shape index (κ2) is 4.84. The molecule has 0 saturated carbocycles. The van der Waals surface area contributed by atoms with Crippen LogP contribution in [-0.2, 0) is 6.42 Å². The number of aryl methyl sites for hydroxylation is 1. The van der Waals surface area contributed by atoms with Crippen LogP contribution in [0, 0.1) is 11.8 Å². The number of nitrogens with zero attached hydrogens (tertiary/aromatic N) is 1. The van der Waals surface area contributed by atoms with Gasteiger partial charge in [0, 0.05) is 17.4 Å². The Labute approximate surface area is 121 Å². The van der Waals surface area contributed by atoms with Crippen LogP contribution in [0.15, 0.2) is 17.3 Å². The van der Waals surface area contributed by atoms with Crippen molar-refractivity contribution in [1.29, 1.82) is 0 Å². The lowest BCUT2D eigenvalue weighted by atomic mass is 9.85. The van der Waals surface area contributed by atoms with E-state index in [1.165, 1.54) is 7.11 Å². The molecule has 21 heavy (non-hydrogen) atoms. The lowest BCUT2D eigenvalue weighted by molar-refractivity contribution is 0.0969. The van der Waals surface area contributed by atoms with Crippen LogP contribution >= 0.6 is 0 Å². The Morgan fingerprint density at radius 2 is 2.05 bits per heavy atom. The van der Waals surface area contributed by atoms with Gasteiger partial charge in [-0.2, -0.15) is 0 Å². The lowest BCUT2D eigenvalue weighted by Crippen LogP contribution is -2.13. The van der Waals surface area contributed by atoms with Crippen LogP contribution < -0.4 is 4.74 Å². The number of ether oxygens (including phenoxy) is 1. The zero-order valence-corrected chi connectivity index (χ0v) is 11.9. The highest BCUT2D eigenvalue weighted by molar-refractivity contribution is 6.12. The van der Waals surface area contributed by atoms with Crippen LogP contribution in [0.1, 0.15) is 34.3 Å². The topological polar surface area (TPSA) is 76.0 Å². The maximum Gasteiger partial charge on any atom is 0.167 e. The summed E-state index contributed by atoms with van der Waals surface area (Å²) in [6.45, 7) is 1.84. The molecule has 0 saturated heterocycles. The normalized spacial score (nSPS) is 14.1. The molecule has 2 aromatic carbocycles. The molecule has 108 valence electrons. The molecule has 0 spiro atoms. The molecule has 5 nitrogen and oxygen atoms in total. The maximum atomic E-state index is 12.2. The molecular formula is C16H15NO4. The number of rotatable bonds is 2. The van der Waals surface area contributed by atoms with Crippen molar-refractivity contribution >= 4 is 22.2 Å².